The number of benzene rings is 2. The molecule has 0 amide bonds. The van der Waals surface area contributed by atoms with E-state index in [1.54, 1.807) is 6.07 Å². The fraction of sp³-hybridized carbons (Fsp3) is 0.188. The molecule has 0 spiro atoms. The fourth-order valence-electron chi connectivity index (χ4n) is 2.51. The third-order valence-corrected chi connectivity index (χ3v) is 3.42. The van der Waals surface area contributed by atoms with Crippen molar-refractivity contribution >= 4 is 16.7 Å². The second kappa shape index (κ2) is 4.84. The zero-order valence-corrected chi connectivity index (χ0v) is 11.8. The first-order valence-corrected chi connectivity index (χ1v) is 6.70. The third-order valence-electron chi connectivity index (χ3n) is 3.42. The zero-order valence-electron chi connectivity index (χ0n) is 11.8. The van der Waals surface area contributed by atoms with Crippen molar-refractivity contribution in [3.05, 3.63) is 48.0 Å². The van der Waals surface area contributed by atoms with Crippen LogP contribution in [-0.4, -0.2) is 9.55 Å². The van der Waals surface area contributed by atoms with Gasteiger partial charge < -0.3 is 10.3 Å². The van der Waals surface area contributed by atoms with Gasteiger partial charge in [-0.25, -0.2) is 13.8 Å². The van der Waals surface area contributed by atoms with Gasteiger partial charge in [-0.2, -0.15) is 0 Å². The second-order valence-electron chi connectivity index (χ2n) is 5.26. The average molecular weight is 287 g/mol. The molecule has 0 aliphatic heterocycles. The van der Waals surface area contributed by atoms with E-state index in [4.69, 9.17) is 5.73 Å². The van der Waals surface area contributed by atoms with Crippen LogP contribution < -0.4 is 5.73 Å². The molecule has 2 N–H and O–H groups in total. The quantitative estimate of drug-likeness (QED) is 0.720. The summed E-state index contributed by atoms with van der Waals surface area (Å²) >= 11 is 0. The number of rotatable bonds is 2. The maximum absolute atomic E-state index is 13.5. The molecule has 0 atom stereocenters. The van der Waals surface area contributed by atoms with Crippen molar-refractivity contribution in [3.63, 3.8) is 0 Å². The summed E-state index contributed by atoms with van der Waals surface area (Å²) in [6, 6.07) is 8.69. The van der Waals surface area contributed by atoms with E-state index < -0.39 is 0 Å². The van der Waals surface area contributed by atoms with E-state index in [1.807, 2.05) is 18.4 Å². The first-order chi connectivity index (χ1) is 9.97. The Kier molecular flexibility index (Phi) is 3.12. The maximum atomic E-state index is 13.5. The van der Waals surface area contributed by atoms with Crippen LogP contribution in [-0.2, 0) is 0 Å². The fourth-order valence-corrected chi connectivity index (χ4v) is 2.51. The van der Waals surface area contributed by atoms with Crippen molar-refractivity contribution in [2.75, 3.05) is 5.73 Å². The van der Waals surface area contributed by atoms with Gasteiger partial charge >= 0.3 is 0 Å². The summed E-state index contributed by atoms with van der Waals surface area (Å²) < 4.78 is 28.9. The molecule has 0 radical (unpaired) electrons. The number of imidazole rings is 1. The SMILES string of the molecule is CC(C)n1c(-c2cc(F)ccc2N)nc2cc(F)ccc21. The Morgan fingerprint density at radius 3 is 2.43 bits per heavy atom. The summed E-state index contributed by atoms with van der Waals surface area (Å²) in [5, 5.41) is 0. The summed E-state index contributed by atoms with van der Waals surface area (Å²) in [6.07, 6.45) is 0. The molecule has 0 fully saturated rings. The third kappa shape index (κ3) is 2.24. The van der Waals surface area contributed by atoms with E-state index in [9.17, 15) is 8.78 Å². The lowest BCUT2D eigenvalue weighted by molar-refractivity contribution is 0.617. The topological polar surface area (TPSA) is 43.8 Å². The molecule has 0 bridgehead atoms. The van der Waals surface area contributed by atoms with Gasteiger partial charge in [-0.1, -0.05) is 0 Å². The number of halogens is 2. The van der Waals surface area contributed by atoms with E-state index in [-0.39, 0.29) is 17.7 Å². The number of fused-ring (bicyclic) bond motifs is 1. The number of anilines is 1. The van der Waals surface area contributed by atoms with Gasteiger partial charge in [0.05, 0.1) is 11.0 Å². The summed E-state index contributed by atoms with van der Waals surface area (Å²) in [6.45, 7) is 3.98. The van der Waals surface area contributed by atoms with Crippen LogP contribution in [0.2, 0.25) is 0 Å². The van der Waals surface area contributed by atoms with Gasteiger partial charge in [0.2, 0.25) is 0 Å². The van der Waals surface area contributed by atoms with Crippen LogP contribution in [0.15, 0.2) is 36.4 Å². The van der Waals surface area contributed by atoms with Crippen LogP contribution in [0.5, 0.6) is 0 Å². The zero-order chi connectivity index (χ0) is 15.1. The van der Waals surface area contributed by atoms with E-state index >= 15 is 0 Å². The molecular formula is C16H15F2N3. The predicted octanol–water partition coefficient (Wildman–Crippen LogP) is 4.14. The molecule has 3 aromatic rings. The highest BCUT2D eigenvalue weighted by molar-refractivity contribution is 5.83. The Morgan fingerprint density at radius 1 is 1.05 bits per heavy atom. The first-order valence-electron chi connectivity index (χ1n) is 6.70. The lowest BCUT2D eigenvalue weighted by Gasteiger charge is -2.14. The van der Waals surface area contributed by atoms with Crippen molar-refractivity contribution in [1.29, 1.82) is 0 Å². The lowest BCUT2D eigenvalue weighted by Crippen LogP contribution is -2.04. The van der Waals surface area contributed by atoms with E-state index in [1.165, 1.54) is 30.3 Å². The van der Waals surface area contributed by atoms with Crippen LogP contribution >= 0.6 is 0 Å². The minimum Gasteiger partial charge on any atom is -0.398 e. The highest BCUT2D eigenvalue weighted by atomic mass is 19.1. The van der Waals surface area contributed by atoms with Crippen LogP contribution in [0.4, 0.5) is 14.5 Å². The molecule has 5 heteroatoms. The standard InChI is InChI=1S/C16H15F2N3/c1-9(2)21-15-6-4-11(18)8-14(15)20-16(21)12-7-10(17)3-5-13(12)19/h3-9H,19H2,1-2H3. The molecular weight excluding hydrogens is 272 g/mol. The lowest BCUT2D eigenvalue weighted by atomic mass is 10.1. The van der Waals surface area contributed by atoms with Crippen molar-refractivity contribution < 1.29 is 8.78 Å². The summed E-state index contributed by atoms with van der Waals surface area (Å²) in [7, 11) is 0. The number of aromatic nitrogens is 2. The Balaban J connectivity index is 2.36. The van der Waals surface area contributed by atoms with Crippen molar-refractivity contribution in [1.82, 2.24) is 9.55 Å². The average Bonchev–Trinajstić information content (AvgIpc) is 2.79. The second-order valence-corrected chi connectivity index (χ2v) is 5.26. The number of nitrogens with zero attached hydrogens (tertiary/aromatic N) is 2. The molecule has 3 rings (SSSR count). The van der Waals surface area contributed by atoms with Gasteiger partial charge in [0, 0.05) is 23.4 Å². The van der Waals surface area contributed by atoms with Gasteiger partial charge in [0.15, 0.2) is 0 Å². The van der Waals surface area contributed by atoms with Crippen LogP contribution in [0.1, 0.15) is 19.9 Å². The van der Waals surface area contributed by atoms with Gasteiger partial charge in [0.25, 0.3) is 0 Å². The first kappa shape index (κ1) is 13.5. The predicted molar refractivity (Wildman–Crippen MR) is 79.9 cm³/mol. The molecule has 108 valence electrons. The molecule has 0 aliphatic carbocycles. The molecule has 21 heavy (non-hydrogen) atoms. The van der Waals surface area contributed by atoms with Crippen LogP contribution in [0.25, 0.3) is 22.4 Å². The minimum absolute atomic E-state index is 0.0816. The normalized spacial score (nSPS) is 11.5. The maximum Gasteiger partial charge on any atom is 0.143 e. The van der Waals surface area contributed by atoms with Crippen molar-refractivity contribution in [2.45, 2.75) is 19.9 Å². The summed E-state index contributed by atoms with van der Waals surface area (Å²) in [4.78, 5) is 4.44. The molecule has 1 heterocycles. The van der Waals surface area contributed by atoms with Crippen LogP contribution in [0, 0.1) is 11.6 Å². The number of hydrogen-bond donors (Lipinski definition) is 1. The summed E-state index contributed by atoms with van der Waals surface area (Å²) in [5.41, 5.74) is 8.23. The largest absolute Gasteiger partial charge is 0.398 e. The smallest absolute Gasteiger partial charge is 0.143 e. The Labute approximate surface area is 121 Å². The highest BCUT2D eigenvalue weighted by Gasteiger charge is 2.17. The molecule has 0 saturated carbocycles. The summed E-state index contributed by atoms with van der Waals surface area (Å²) in [5.74, 6) is -0.190. The molecule has 3 nitrogen and oxygen atoms in total. The van der Waals surface area contributed by atoms with Gasteiger partial charge in [-0.05, 0) is 44.2 Å². The number of hydrogen-bond acceptors (Lipinski definition) is 2. The number of nitrogens with two attached hydrogens (primary N) is 1. The monoisotopic (exact) mass is 287 g/mol. The van der Waals surface area contributed by atoms with Gasteiger partial charge in [0.1, 0.15) is 17.5 Å². The molecule has 0 saturated heterocycles. The highest BCUT2D eigenvalue weighted by Crippen LogP contribution is 2.32. The molecule has 2 aromatic carbocycles. The van der Waals surface area contributed by atoms with E-state index in [2.05, 4.69) is 4.98 Å². The molecule has 1 aromatic heterocycles. The molecule has 0 unspecified atom stereocenters. The Morgan fingerprint density at radius 2 is 1.71 bits per heavy atom. The number of nitrogen functional groups attached to an aromatic ring is 1. The Hall–Kier alpha value is -2.43. The van der Waals surface area contributed by atoms with Gasteiger partial charge in [-0.3, -0.25) is 0 Å². The van der Waals surface area contributed by atoms with Crippen molar-refractivity contribution in [3.8, 4) is 11.4 Å². The van der Waals surface area contributed by atoms with E-state index in [0.717, 1.165) is 5.52 Å². The van der Waals surface area contributed by atoms with E-state index in [0.29, 0.717) is 22.6 Å². The Bertz CT molecular complexity index is 822. The van der Waals surface area contributed by atoms with Crippen molar-refractivity contribution in [2.24, 2.45) is 0 Å². The minimum atomic E-state index is -0.382. The molecule has 0 aliphatic rings. The van der Waals surface area contributed by atoms with Gasteiger partial charge in [-0.15, -0.1) is 0 Å². The van der Waals surface area contributed by atoms with Crippen LogP contribution in [0.3, 0.4) is 0 Å².